The van der Waals surface area contributed by atoms with Crippen LogP contribution in [0.15, 0.2) is 10.8 Å². The minimum Gasteiger partial charge on any atom is -0.364 e. The third-order valence-electron chi connectivity index (χ3n) is 1.45. The first-order chi connectivity index (χ1) is 4.47. The number of rotatable bonds is 0. The predicted octanol–water partition coefficient (Wildman–Crippen LogP) is 0.330. The van der Waals surface area contributed by atoms with Crippen LogP contribution in [-0.4, -0.2) is 11.7 Å². The van der Waals surface area contributed by atoms with E-state index in [1.807, 2.05) is 6.54 Å². The lowest BCUT2D eigenvalue weighted by Crippen LogP contribution is -2.20. The van der Waals surface area contributed by atoms with E-state index in [2.05, 4.69) is 10.5 Å². The van der Waals surface area contributed by atoms with Crippen LogP contribution in [0, 0.1) is 6.54 Å². The Morgan fingerprint density at radius 2 is 2.67 bits per heavy atom. The summed E-state index contributed by atoms with van der Waals surface area (Å²) in [5.74, 6) is 0. The Kier molecular flexibility index (Phi) is 1.02. The molecule has 0 bridgehead atoms. The van der Waals surface area contributed by atoms with Crippen LogP contribution in [-0.2, 0) is 6.42 Å². The highest BCUT2D eigenvalue weighted by Gasteiger charge is 2.11. The average molecular weight is 123 g/mol. The summed E-state index contributed by atoms with van der Waals surface area (Å²) in [7, 11) is 0. The molecule has 3 heteroatoms. The first-order valence-electron chi connectivity index (χ1n) is 2.97. The Labute approximate surface area is 53.0 Å². The minimum absolute atomic E-state index is 0.946. The van der Waals surface area contributed by atoms with E-state index in [-0.39, 0.29) is 0 Å². The molecule has 1 aromatic heterocycles. The van der Waals surface area contributed by atoms with E-state index in [1.54, 1.807) is 6.26 Å². The van der Waals surface area contributed by atoms with Gasteiger partial charge in [-0.1, -0.05) is 5.16 Å². The van der Waals surface area contributed by atoms with Gasteiger partial charge in [0.15, 0.2) is 0 Å². The molecule has 3 nitrogen and oxygen atoms in total. The summed E-state index contributed by atoms with van der Waals surface area (Å²) in [6, 6.07) is 0. The highest BCUT2D eigenvalue weighted by Crippen LogP contribution is 2.11. The van der Waals surface area contributed by atoms with E-state index in [1.165, 1.54) is 5.56 Å². The fourth-order valence-corrected chi connectivity index (χ4v) is 0.947. The number of hydrogen-bond donors (Lipinski definition) is 1. The first-order valence-corrected chi connectivity index (χ1v) is 2.97. The van der Waals surface area contributed by atoms with Crippen LogP contribution in [0.25, 0.3) is 0 Å². The summed E-state index contributed by atoms with van der Waals surface area (Å²) in [6.45, 7) is 2.87. The van der Waals surface area contributed by atoms with Crippen molar-refractivity contribution < 1.29 is 4.52 Å². The number of hydrogen-bond acceptors (Lipinski definition) is 3. The molecule has 1 N–H and O–H groups in total. The van der Waals surface area contributed by atoms with Crippen molar-refractivity contribution in [1.29, 1.82) is 0 Å². The fourth-order valence-electron chi connectivity index (χ4n) is 0.947. The zero-order chi connectivity index (χ0) is 6.10. The van der Waals surface area contributed by atoms with E-state index in [0.29, 0.717) is 0 Å². The molecule has 9 heavy (non-hydrogen) atoms. The average Bonchev–Trinajstić information content (AvgIpc) is 2.33. The summed E-state index contributed by atoms with van der Waals surface area (Å²) in [5.41, 5.74) is 2.15. The van der Waals surface area contributed by atoms with E-state index in [9.17, 15) is 0 Å². The molecule has 2 rings (SSSR count). The maximum absolute atomic E-state index is 4.75. The molecule has 1 aliphatic rings. The third kappa shape index (κ3) is 0.733. The lowest BCUT2D eigenvalue weighted by atomic mass is 10.1. The lowest BCUT2D eigenvalue weighted by molar-refractivity contribution is 0.415. The van der Waals surface area contributed by atoms with Crippen molar-refractivity contribution in [2.45, 2.75) is 6.42 Å². The van der Waals surface area contributed by atoms with Crippen LogP contribution >= 0.6 is 0 Å². The molecule has 0 aromatic carbocycles. The van der Waals surface area contributed by atoms with Gasteiger partial charge in [0.2, 0.25) is 0 Å². The van der Waals surface area contributed by atoms with Gasteiger partial charge in [0.25, 0.3) is 0 Å². The molecule has 0 fully saturated rings. The van der Waals surface area contributed by atoms with Gasteiger partial charge in [-0.2, -0.15) is 0 Å². The number of aromatic nitrogens is 1. The van der Waals surface area contributed by atoms with Crippen LogP contribution in [0.5, 0.6) is 0 Å². The molecule has 0 atom stereocenters. The van der Waals surface area contributed by atoms with Crippen molar-refractivity contribution >= 4 is 0 Å². The van der Waals surface area contributed by atoms with Crippen molar-refractivity contribution in [3.63, 3.8) is 0 Å². The fraction of sp³-hybridized carbons (Fsp3) is 0.333. The molecule has 1 aliphatic heterocycles. The molecule has 2 heterocycles. The second-order valence-electron chi connectivity index (χ2n) is 2.07. The molecule has 0 amide bonds. The van der Waals surface area contributed by atoms with E-state index >= 15 is 0 Å². The SMILES string of the molecule is [CH]1NCCc2conc21. The first kappa shape index (κ1) is 4.99. The molecule has 0 saturated heterocycles. The van der Waals surface area contributed by atoms with E-state index < -0.39 is 0 Å². The van der Waals surface area contributed by atoms with Crippen LogP contribution in [0.4, 0.5) is 0 Å². The van der Waals surface area contributed by atoms with Gasteiger partial charge < -0.3 is 9.84 Å². The Balaban J connectivity index is 2.39. The molecular formula is C6H7N2O. The minimum atomic E-state index is 0.946. The Bertz CT molecular complexity index is 186. The Morgan fingerprint density at radius 1 is 1.67 bits per heavy atom. The van der Waals surface area contributed by atoms with E-state index in [0.717, 1.165) is 18.7 Å². The van der Waals surface area contributed by atoms with Crippen molar-refractivity contribution in [2.24, 2.45) is 0 Å². The van der Waals surface area contributed by atoms with Gasteiger partial charge >= 0.3 is 0 Å². The third-order valence-corrected chi connectivity index (χ3v) is 1.45. The second-order valence-corrected chi connectivity index (χ2v) is 2.07. The van der Waals surface area contributed by atoms with Gasteiger partial charge in [-0.15, -0.1) is 0 Å². The number of fused-ring (bicyclic) bond motifs is 1. The van der Waals surface area contributed by atoms with Crippen molar-refractivity contribution in [1.82, 2.24) is 10.5 Å². The molecule has 0 unspecified atom stereocenters. The largest absolute Gasteiger partial charge is 0.364 e. The maximum Gasteiger partial charge on any atom is 0.127 e. The van der Waals surface area contributed by atoms with Crippen molar-refractivity contribution in [3.8, 4) is 0 Å². The van der Waals surface area contributed by atoms with Gasteiger partial charge in [0, 0.05) is 12.1 Å². The summed E-state index contributed by atoms with van der Waals surface area (Å²) in [5, 5.41) is 6.84. The molecule has 0 aliphatic carbocycles. The molecule has 0 saturated carbocycles. The Morgan fingerprint density at radius 3 is 3.56 bits per heavy atom. The lowest BCUT2D eigenvalue weighted by Gasteiger charge is -2.07. The summed E-state index contributed by atoms with van der Waals surface area (Å²) in [6.07, 6.45) is 2.72. The molecule has 0 spiro atoms. The second kappa shape index (κ2) is 1.84. The molecular weight excluding hydrogens is 116 g/mol. The summed E-state index contributed by atoms with van der Waals surface area (Å²) < 4.78 is 4.75. The van der Waals surface area contributed by atoms with Crippen molar-refractivity contribution in [3.05, 3.63) is 24.1 Å². The Hall–Kier alpha value is -0.830. The van der Waals surface area contributed by atoms with Crippen LogP contribution in [0.3, 0.4) is 0 Å². The maximum atomic E-state index is 4.75. The van der Waals surface area contributed by atoms with Crippen LogP contribution in [0.1, 0.15) is 11.3 Å². The normalized spacial score (nSPS) is 17.3. The number of nitrogens with zero attached hydrogens (tertiary/aromatic N) is 1. The van der Waals surface area contributed by atoms with Gasteiger partial charge in [0.1, 0.15) is 12.0 Å². The monoisotopic (exact) mass is 123 g/mol. The highest BCUT2D eigenvalue weighted by atomic mass is 16.5. The summed E-state index contributed by atoms with van der Waals surface area (Å²) in [4.78, 5) is 0. The zero-order valence-electron chi connectivity index (χ0n) is 4.92. The quantitative estimate of drug-likeness (QED) is 0.540. The van der Waals surface area contributed by atoms with Crippen molar-refractivity contribution in [2.75, 3.05) is 6.54 Å². The smallest absolute Gasteiger partial charge is 0.127 e. The molecule has 47 valence electrons. The van der Waals surface area contributed by atoms with Gasteiger partial charge in [-0.25, -0.2) is 0 Å². The number of nitrogens with one attached hydrogen (secondary N) is 1. The zero-order valence-corrected chi connectivity index (χ0v) is 4.92. The van der Waals surface area contributed by atoms with Gasteiger partial charge in [-0.3, -0.25) is 0 Å². The van der Waals surface area contributed by atoms with Crippen LogP contribution < -0.4 is 5.32 Å². The van der Waals surface area contributed by atoms with Crippen LogP contribution in [0.2, 0.25) is 0 Å². The topological polar surface area (TPSA) is 38.1 Å². The standard InChI is InChI=1S/C6H7N2O/c1-2-7-3-6-5(1)4-9-8-6/h3-4,7H,1-2H2. The van der Waals surface area contributed by atoms with E-state index in [4.69, 9.17) is 4.52 Å². The molecule has 1 radical (unpaired) electrons. The molecule has 1 aromatic rings. The highest BCUT2D eigenvalue weighted by molar-refractivity contribution is 5.24. The summed E-state index contributed by atoms with van der Waals surface area (Å²) >= 11 is 0. The van der Waals surface area contributed by atoms with Gasteiger partial charge in [-0.05, 0) is 6.42 Å². The van der Waals surface area contributed by atoms with Gasteiger partial charge in [0.05, 0.1) is 6.54 Å². The predicted molar refractivity (Wildman–Crippen MR) is 31.6 cm³/mol.